The van der Waals surface area contributed by atoms with E-state index in [-0.39, 0.29) is 11.4 Å². The molecule has 0 aliphatic heterocycles. The van der Waals surface area contributed by atoms with Gasteiger partial charge in [0.05, 0.1) is 11.4 Å². The monoisotopic (exact) mass is 230 g/mol. The normalized spacial score (nSPS) is 11.0. The van der Waals surface area contributed by atoms with Gasteiger partial charge in [-0.3, -0.25) is 9.35 Å². The van der Waals surface area contributed by atoms with E-state index in [9.17, 15) is 13.2 Å². The number of carbonyl (C=O) groups excluding carboxylic acids is 1. The molecule has 0 radical (unpaired) electrons. The summed E-state index contributed by atoms with van der Waals surface area (Å²) in [6, 6.07) is 5.44. The highest BCUT2D eigenvalue weighted by Crippen LogP contribution is 2.14. The van der Waals surface area contributed by atoms with Crippen LogP contribution in [-0.4, -0.2) is 25.4 Å². The Morgan fingerprint density at radius 1 is 1.47 bits per heavy atom. The fourth-order valence-electron chi connectivity index (χ4n) is 0.956. The summed E-state index contributed by atoms with van der Waals surface area (Å²) in [6.07, 6.45) is 0. The molecule has 1 aromatic carbocycles. The SMILES string of the molecule is NC(=O)CNc1cccc(S(=O)(=O)O)c1. The predicted molar refractivity (Wildman–Crippen MR) is 53.9 cm³/mol. The zero-order chi connectivity index (χ0) is 11.5. The summed E-state index contributed by atoms with van der Waals surface area (Å²) >= 11 is 0. The molecule has 0 spiro atoms. The summed E-state index contributed by atoms with van der Waals surface area (Å²) in [6.45, 7) is -0.102. The van der Waals surface area contributed by atoms with E-state index in [2.05, 4.69) is 5.32 Å². The van der Waals surface area contributed by atoms with Crippen molar-refractivity contribution < 1.29 is 17.8 Å². The lowest BCUT2D eigenvalue weighted by Gasteiger charge is -2.04. The third-order valence-electron chi connectivity index (χ3n) is 1.60. The molecule has 0 unspecified atom stereocenters. The molecule has 0 heterocycles. The number of benzene rings is 1. The van der Waals surface area contributed by atoms with Crippen molar-refractivity contribution in [3.63, 3.8) is 0 Å². The van der Waals surface area contributed by atoms with Gasteiger partial charge in [0.15, 0.2) is 0 Å². The van der Waals surface area contributed by atoms with Gasteiger partial charge < -0.3 is 11.1 Å². The maximum Gasteiger partial charge on any atom is 0.294 e. The van der Waals surface area contributed by atoms with Crippen molar-refractivity contribution in [2.45, 2.75) is 4.90 Å². The fraction of sp³-hybridized carbons (Fsp3) is 0.125. The first-order valence-electron chi connectivity index (χ1n) is 3.99. The van der Waals surface area contributed by atoms with Crippen LogP contribution >= 0.6 is 0 Å². The number of hydrogen-bond acceptors (Lipinski definition) is 4. The van der Waals surface area contributed by atoms with Gasteiger partial charge in [-0.15, -0.1) is 0 Å². The van der Waals surface area contributed by atoms with Crippen LogP contribution in [0.1, 0.15) is 0 Å². The average Bonchev–Trinajstić information content (AvgIpc) is 2.14. The molecule has 0 aliphatic carbocycles. The van der Waals surface area contributed by atoms with Crippen molar-refractivity contribution in [1.29, 1.82) is 0 Å². The Morgan fingerprint density at radius 2 is 2.13 bits per heavy atom. The summed E-state index contributed by atoms with van der Waals surface area (Å²) in [5.74, 6) is -0.563. The second-order valence-corrected chi connectivity index (χ2v) is 4.24. The first-order valence-corrected chi connectivity index (χ1v) is 5.43. The first kappa shape index (κ1) is 11.5. The van der Waals surface area contributed by atoms with E-state index in [0.717, 1.165) is 0 Å². The Morgan fingerprint density at radius 3 is 2.67 bits per heavy atom. The second kappa shape index (κ2) is 4.28. The molecule has 1 aromatic rings. The van der Waals surface area contributed by atoms with Gasteiger partial charge in [0.2, 0.25) is 5.91 Å². The Hall–Kier alpha value is -1.60. The third-order valence-corrected chi connectivity index (χ3v) is 2.45. The smallest absolute Gasteiger partial charge is 0.294 e. The van der Waals surface area contributed by atoms with Gasteiger partial charge >= 0.3 is 0 Å². The Labute approximate surface area is 86.8 Å². The fourth-order valence-corrected chi connectivity index (χ4v) is 1.48. The third kappa shape index (κ3) is 3.56. The van der Waals surface area contributed by atoms with Crippen LogP contribution in [0.25, 0.3) is 0 Å². The topological polar surface area (TPSA) is 109 Å². The molecule has 0 aromatic heterocycles. The number of amides is 1. The van der Waals surface area contributed by atoms with E-state index in [1.165, 1.54) is 18.2 Å². The van der Waals surface area contributed by atoms with E-state index in [4.69, 9.17) is 10.3 Å². The molecule has 6 nitrogen and oxygen atoms in total. The van der Waals surface area contributed by atoms with E-state index in [1.54, 1.807) is 6.07 Å². The minimum absolute atomic E-state index is 0.102. The highest BCUT2D eigenvalue weighted by molar-refractivity contribution is 7.85. The van der Waals surface area contributed by atoms with E-state index >= 15 is 0 Å². The highest BCUT2D eigenvalue weighted by atomic mass is 32.2. The summed E-state index contributed by atoms with van der Waals surface area (Å²) in [7, 11) is -4.22. The molecule has 0 atom stereocenters. The molecule has 0 aliphatic rings. The van der Waals surface area contributed by atoms with E-state index in [1.807, 2.05) is 0 Å². The molecule has 1 rings (SSSR count). The van der Waals surface area contributed by atoms with Gasteiger partial charge in [-0.1, -0.05) is 6.07 Å². The minimum Gasteiger partial charge on any atom is -0.376 e. The van der Waals surface area contributed by atoms with Crippen molar-refractivity contribution in [2.75, 3.05) is 11.9 Å². The molecule has 15 heavy (non-hydrogen) atoms. The predicted octanol–water partition coefficient (Wildman–Crippen LogP) is -0.170. The van der Waals surface area contributed by atoms with Gasteiger partial charge in [-0.2, -0.15) is 8.42 Å². The summed E-state index contributed by atoms with van der Waals surface area (Å²) in [5.41, 5.74) is 5.29. The lowest BCUT2D eigenvalue weighted by molar-refractivity contribution is -0.116. The standard InChI is InChI=1S/C8H10N2O4S/c9-8(11)5-10-6-2-1-3-7(4-6)15(12,13)14/h1-4,10H,5H2,(H2,9,11)(H,12,13,14). The first-order chi connectivity index (χ1) is 6.89. The Balaban J connectivity index is 2.89. The van der Waals surface area contributed by atoms with Crippen molar-refractivity contribution in [3.05, 3.63) is 24.3 Å². The van der Waals surface area contributed by atoms with Crippen LogP contribution in [0.2, 0.25) is 0 Å². The Bertz CT molecular complexity index is 469. The number of nitrogens with one attached hydrogen (secondary N) is 1. The van der Waals surface area contributed by atoms with Gasteiger partial charge in [0.25, 0.3) is 10.1 Å². The highest BCUT2D eigenvalue weighted by Gasteiger charge is 2.09. The van der Waals surface area contributed by atoms with Gasteiger partial charge in [-0.25, -0.2) is 0 Å². The van der Waals surface area contributed by atoms with Crippen LogP contribution in [0.4, 0.5) is 5.69 Å². The summed E-state index contributed by atoms with van der Waals surface area (Å²) in [4.78, 5) is 10.2. The quantitative estimate of drug-likeness (QED) is 0.622. The zero-order valence-electron chi connectivity index (χ0n) is 7.67. The number of primary amides is 1. The maximum absolute atomic E-state index is 10.8. The molecule has 7 heteroatoms. The van der Waals surface area contributed by atoms with Crippen molar-refractivity contribution in [1.82, 2.24) is 0 Å². The molecule has 1 amide bonds. The molecule has 0 saturated heterocycles. The zero-order valence-corrected chi connectivity index (χ0v) is 8.49. The molecular weight excluding hydrogens is 220 g/mol. The molecule has 0 bridgehead atoms. The lowest BCUT2D eigenvalue weighted by atomic mass is 10.3. The van der Waals surface area contributed by atoms with Crippen molar-refractivity contribution in [3.8, 4) is 0 Å². The number of nitrogens with two attached hydrogens (primary N) is 1. The minimum atomic E-state index is -4.22. The molecule has 4 N–H and O–H groups in total. The van der Waals surface area contributed by atoms with E-state index in [0.29, 0.717) is 5.69 Å². The Kier molecular flexibility index (Phi) is 3.28. The largest absolute Gasteiger partial charge is 0.376 e. The van der Waals surface area contributed by atoms with Crippen molar-refractivity contribution in [2.24, 2.45) is 5.73 Å². The number of anilines is 1. The van der Waals surface area contributed by atoms with Gasteiger partial charge in [0.1, 0.15) is 0 Å². The molecular formula is C8H10N2O4S. The number of hydrogen-bond donors (Lipinski definition) is 3. The van der Waals surface area contributed by atoms with Gasteiger partial charge in [-0.05, 0) is 18.2 Å². The number of rotatable bonds is 4. The van der Waals surface area contributed by atoms with E-state index < -0.39 is 16.0 Å². The average molecular weight is 230 g/mol. The molecule has 0 saturated carbocycles. The second-order valence-electron chi connectivity index (χ2n) is 2.82. The van der Waals surface area contributed by atoms with Crippen LogP contribution in [0.3, 0.4) is 0 Å². The molecule has 0 fully saturated rings. The summed E-state index contributed by atoms with van der Waals surface area (Å²) < 4.78 is 30.3. The molecule has 82 valence electrons. The van der Waals surface area contributed by atoms with Crippen LogP contribution in [0, 0.1) is 0 Å². The van der Waals surface area contributed by atoms with Crippen LogP contribution < -0.4 is 11.1 Å². The summed E-state index contributed by atoms with van der Waals surface area (Å²) in [5, 5.41) is 2.61. The van der Waals surface area contributed by atoms with Crippen LogP contribution in [0.5, 0.6) is 0 Å². The van der Waals surface area contributed by atoms with Crippen LogP contribution in [-0.2, 0) is 14.9 Å². The van der Waals surface area contributed by atoms with Crippen LogP contribution in [0.15, 0.2) is 29.2 Å². The number of carbonyl (C=O) groups is 1. The van der Waals surface area contributed by atoms with Gasteiger partial charge in [0, 0.05) is 5.69 Å². The lowest BCUT2D eigenvalue weighted by Crippen LogP contribution is -2.21. The maximum atomic E-state index is 10.8. The van der Waals surface area contributed by atoms with Crippen molar-refractivity contribution >= 4 is 21.7 Å².